The van der Waals surface area contributed by atoms with E-state index in [2.05, 4.69) is 53.6 Å². The first-order chi connectivity index (χ1) is 11.6. The fourth-order valence-electron chi connectivity index (χ4n) is 3.25. The van der Waals surface area contributed by atoms with Crippen molar-refractivity contribution in [3.8, 4) is 0 Å². The van der Waals surface area contributed by atoms with Crippen LogP contribution in [0.2, 0.25) is 0 Å². The van der Waals surface area contributed by atoms with Crippen molar-refractivity contribution in [3.05, 3.63) is 52.5 Å². The van der Waals surface area contributed by atoms with E-state index in [1.54, 1.807) is 0 Å². The van der Waals surface area contributed by atoms with E-state index in [-0.39, 0.29) is 6.61 Å². The number of aliphatic hydroxyl groups is 1. The number of aromatic nitrogens is 3. The molecule has 0 bridgehead atoms. The monoisotopic (exact) mass is 326 g/mol. The number of rotatable bonds is 7. The van der Waals surface area contributed by atoms with Crippen LogP contribution >= 0.6 is 0 Å². The van der Waals surface area contributed by atoms with Gasteiger partial charge in [0.25, 0.3) is 0 Å². The number of aryl methyl sites for hydroxylation is 2. The second-order valence-electron chi connectivity index (χ2n) is 6.39. The van der Waals surface area contributed by atoms with Gasteiger partial charge in [-0.15, -0.1) is 0 Å². The average Bonchev–Trinajstić information content (AvgIpc) is 3.06. The number of hydrogen-bond donors (Lipinski definition) is 3. The van der Waals surface area contributed by atoms with Gasteiger partial charge in [-0.05, 0) is 50.9 Å². The molecule has 0 aliphatic carbocycles. The lowest BCUT2D eigenvalue weighted by Crippen LogP contribution is -2.17. The molecule has 24 heavy (non-hydrogen) atoms. The van der Waals surface area contributed by atoms with Gasteiger partial charge < -0.3 is 15.4 Å². The molecule has 0 unspecified atom stereocenters. The van der Waals surface area contributed by atoms with Crippen LogP contribution in [0.25, 0.3) is 10.9 Å². The van der Waals surface area contributed by atoms with E-state index in [9.17, 15) is 0 Å². The van der Waals surface area contributed by atoms with E-state index in [0.717, 1.165) is 30.9 Å². The Balaban J connectivity index is 1.59. The van der Waals surface area contributed by atoms with Crippen molar-refractivity contribution in [2.45, 2.75) is 40.3 Å². The van der Waals surface area contributed by atoms with E-state index in [0.29, 0.717) is 6.54 Å². The zero-order valence-corrected chi connectivity index (χ0v) is 14.7. The van der Waals surface area contributed by atoms with Crippen molar-refractivity contribution in [1.29, 1.82) is 0 Å². The molecule has 2 aromatic heterocycles. The number of aliphatic hydroxyl groups excluding tert-OH is 1. The molecule has 0 aliphatic rings. The molecule has 3 N–H and O–H groups in total. The van der Waals surface area contributed by atoms with E-state index in [4.69, 9.17) is 5.11 Å². The van der Waals surface area contributed by atoms with Gasteiger partial charge in [-0.3, -0.25) is 4.68 Å². The fraction of sp³-hybridized carbons (Fsp3) is 0.421. The van der Waals surface area contributed by atoms with E-state index in [1.807, 2.05) is 11.6 Å². The highest BCUT2D eigenvalue weighted by atomic mass is 16.3. The first-order valence-corrected chi connectivity index (χ1v) is 8.51. The molecule has 0 saturated heterocycles. The maximum Gasteiger partial charge on any atom is 0.0644 e. The van der Waals surface area contributed by atoms with Gasteiger partial charge in [-0.25, -0.2) is 0 Å². The first kappa shape index (κ1) is 16.7. The molecule has 5 nitrogen and oxygen atoms in total. The minimum absolute atomic E-state index is 0.120. The highest BCUT2D eigenvalue weighted by molar-refractivity contribution is 5.83. The number of aromatic amines is 1. The average molecular weight is 326 g/mol. The van der Waals surface area contributed by atoms with Gasteiger partial charge in [0.2, 0.25) is 0 Å². The molecule has 1 aromatic carbocycles. The summed E-state index contributed by atoms with van der Waals surface area (Å²) >= 11 is 0. The van der Waals surface area contributed by atoms with Crippen LogP contribution in [0, 0.1) is 20.8 Å². The number of hydrogen-bond acceptors (Lipinski definition) is 3. The van der Waals surface area contributed by atoms with Crippen LogP contribution in [-0.2, 0) is 19.5 Å². The summed E-state index contributed by atoms with van der Waals surface area (Å²) in [5, 5.41) is 18.4. The second kappa shape index (κ2) is 7.20. The lowest BCUT2D eigenvalue weighted by Gasteiger charge is -2.06. The Kier molecular flexibility index (Phi) is 5.02. The van der Waals surface area contributed by atoms with E-state index < -0.39 is 0 Å². The molecule has 5 heteroatoms. The molecule has 128 valence electrons. The van der Waals surface area contributed by atoms with Gasteiger partial charge in [0.1, 0.15) is 0 Å². The summed E-state index contributed by atoms with van der Waals surface area (Å²) in [5.41, 5.74) is 7.24. The van der Waals surface area contributed by atoms with Crippen LogP contribution in [0.1, 0.15) is 28.1 Å². The van der Waals surface area contributed by atoms with Crippen molar-refractivity contribution >= 4 is 10.9 Å². The topological polar surface area (TPSA) is 65.9 Å². The molecule has 0 saturated carbocycles. The van der Waals surface area contributed by atoms with Crippen molar-refractivity contribution in [2.24, 2.45) is 0 Å². The van der Waals surface area contributed by atoms with E-state index >= 15 is 0 Å². The fourth-order valence-corrected chi connectivity index (χ4v) is 3.25. The highest BCUT2D eigenvalue weighted by Gasteiger charge is 2.10. The number of H-pyrrole nitrogens is 1. The lowest BCUT2D eigenvalue weighted by molar-refractivity contribution is 0.267. The summed E-state index contributed by atoms with van der Waals surface area (Å²) in [6.07, 6.45) is 3.10. The summed E-state index contributed by atoms with van der Waals surface area (Å²) in [6.45, 7) is 8.61. The maximum absolute atomic E-state index is 9.09. The molecule has 0 fully saturated rings. The summed E-state index contributed by atoms with van der Waals surface area (Å²) in [6, 6.07) is 6.55. The quantitative estimate of drug-likeness (QED) is 0.585. The Morgan fingerprint density at radius 3 is 2.88 bits per heavy atom. The van der Waals surface area contributed by atoms with Gasteiger partial charge >= 0.3 is 0 Å². The first-order valence-electron chi connectivity index (χ1n) is 8.51. The SMILES string of the molecule is Cc1ccc2c(CCNCc3c(C)nn(CCO)c3C)c[nH]c2c1. The summed E-state index contributed by atoms with van der Waals surface area (Å²) in [4.78, 5) is 3.36. The maximum atomic E-state index is 9.09. The molecule has 0 aliphatic heterocycles. The van der Waals surface area contributed by atoms with Gasteiger partial charge in [0.05, 0.1) is 18.8 Å². The van der Waals surface area contributed by atoms with Crippen LogP contribution in [-0.4, -0.2) is 33.0 Å². The third kappa shape index (κ3) is 3.37. The predicted octanol–water partition coefficient (Wildman–Crippen LogP) is 2.61. The molecular formula is C19H26N4O. The number of benzene rings is 1. The summed E-state index contributed by atoms with van der Waals surface area (Å²) in [7, 11) is 0. The largest absolute Gasteiger partial charge is 0.394 e. The zero-order valence-electron chi connectivity index (χ0n) is 14.7. The normalized spacial score (nSPS) is 11.5. The molecule has 2 heterocycles. The molecule has 0 amide bonds. The van der Waals surface area contributed by atoms with Gasteiger partial charge in [-0.2, -0.15) is 5.10 Å². The predicted molar refractivity (Wildman–Crippen MR) is 97.2 cm³/mol. The molecule has 3 aromatic rings. The molecule has 0 spiro atoms. The Labute approximate surface area is 142 Å². The van der Waals surface area contributed by atoms with Crippen molar-refractivity contribution in [1.82, 2.24) is 20.1 Å². The summed E-state index contributed by atoms with van der Waals surface area (Å²) in [5.74, 6) is 0. The standard InChI is InChI=1S/C19H26N4O/c1-13-4-5-17-16(11-21-19(17)10-13)6-7-20-12-18-14(2)22-23(8-9-24)15(18)3/h4-5,10-11,20-21,24H,6-9,12H2,1-3H3. The van der Waals surface area contributed by atoms with Gasteiger partial charge in [-0.1, -0.05) is 12.1 Å². The number of nitrogens with one attached hydrogen (secondary N) is 2. The third-order valence-corrected chi connectivity index (χ3v) is 4.64. The van der Waals surface area contributed by atoms with Crippen molar-refractivity contribution in [3.63, 3.8) is 0 Å². The van der Waals surface area contributed by atoms with Crippen LogP contribution in [0.4, 0.5) is 0 Å². The van der Waals surface area contributed by atoms with Gasteiger partial charge in [0, 0.05) is 34.9 Å². The second-order valence-corrected chi connectivity index (χ2v) is 6.39. The number of fused-ring (bicyclic) bond motifs is 1. The molecule has 3 rings (SSSR count). The van der Waals surface area contributed by atoms with Crippen molar-refractivity contribution in [2.75, 3.05) is 13.2 Å². The Bertz CT molecular complexity index is 831. The van der Waals surface area contributed by atoms with Crippen molar-refractivity contribution < 1.29 is 5.11 Å². The highest BCUT2D eigenvalue weighted by Crippen LogP contribution is 2.20. The van der Waals surface area contributed by atoms with Crippen LogP contribution in [0.3, 0.4) is 0 Å². The zero-order chi connectivity index (χ0) is 17.1. The smallest absolute Gasteiger partial charge is 0.0644 e. The Morgan fingerprint density at radius 1 is 1.25 bits per heavy atom. The van der Waals surface area contributed by atoms with Crippen LogP contribution < -0.4 is 5.32 Å². The van der Waals surface area contributed by atoms with Crippen LogP contribution in [0.5, 0.6) is 0 Å². The minimum atomic E-state index is 0.120. The molecule has 0 radical (unpaired) electrons. The lowest BCUT2D eigenvalue weighted by atomic mass is 10.1. The van der Waals surface area contributed by atoms with Gasteiger partial charge in [0.15, 0.2) is 0 Å². The number of nitrogens with zero attached hydrogens (tertiary/aromatic N) is 2. The molecular weight excluding hydrogens is 300 g/mol. The minimum Gasteiger partial charge on any atom is -0.394 e. The van der Waals surface area contributed by atoms with Crippen LogP contribution in [0.15, 0.2) is 24.4 Å². The Hall–Kier alpha value is -2.11. The molecule has 0 atom stereocenters. The Morgan fingerprint density at radius 2 is 2.08 bits per heavy atom. The van der Waals surface area contributed by atoms with E-state index in [1.165, 1.54) is 27.6 Å². The third-order valence-electron chi connectivity index (χ3n) is 4.64. The summed E-state index contributed by atoms with van der Waals surface area (Å²) < 4.78 is 1.88.